The molecule has 0 aliphatic rings. The van der Waals surface area contributed by atoms with Crippen molar-refractivity contribution in [2.75, 3.05) is 13.6 Å². The summed E-state index contributed by atoms with van der Waals surface area (Å²) < 4.78 is 0. The van der Waals surface area contributed by atoms with Crippen LogP contribution in [0.5, 0.6) is 0 Å². The van der Waals surface area contributed by atoms with Gasteiger partial charge in [0.2, 0.25) is 5.91 Å². The largest absolute Gasteiger partial charge is 0.480 e. The second kappa shape index (κ2) is 4.81. The Morgan fingerprint density at radius 3 is 2.23 bits per heavy atom. The van der Waals surface area contributed by atoms with Gasteiger partial charge in [-0.05, 0) is 5.92 Å². The minimum absolute atomic E-state index is 0.0174. The maximum absolute atomic E-state index is 11.4. The van der Waals surface area contributed by atoms with Crippen molar-refractivity contribution in [1.82, 2.24) is 4.90 Å². The average molecular weight is 188 g/mol. The van der Waals surface area contributed by atoms with Gasteiger partial charge in [0.05, 0.1) is 6.04 Å². The number of carboxylic acids is 1. The fourth-order valence-electron chi connectivity index (χ4n) is 0.820. The van der Waals surface area contributed by atoms with Gasteiger partial charge < -0.3 is 15.7 Å². The third-order valence-corrected chi connectivity index (χ3v) is 1.75. The molecule has 0 rings (SSSR count). The summed E-state index contributed by atoms with van der Waals surface area (Å²) in [5.74, 6) is -1.35. The quantitative estimate of drug-likeness (QED) is 0.623. The van der Waals surface area contributed by atoms with E-state index in [2.05, 4.69) is 0 Å². The molecule has 0 aromatic heterocycles. The Morgan fingerprint density at radius 1 is 1.46 bits per heavy atom. The third kappa shape index (κ3) is 3.89. The van der Waals surface area contributed by atoms with Crippen molar-refractivity contribution in [2.45, 2.75) is 19.9 Å². The topological polar surface area (TPSA) is 83.6 Å². The Bertz CT molecular complexity index is 204. The van der Waals surface area contributed by atoms with Gasteiger partial charge in [0.25, 0.3) is 0 Å². The summed E-state index contributed by atoms with van der Waals surface area (Å²) in [6.07, 6.45) is 0. The number of aliphatic carboxylic acids is 1. The molecule has 0 aliphatic heterocycles. The number of carboxylic acid groups (broad SMARTS) is 1. The first-order chi connectivity index (χ1) is 5.86. The summed E-state index contributed by atoms with van der Waals surface area (Å²) >= 11 is 0. The summed E-state index contributed by atoms with van der Waals surface area (Å²) in [7, 11) is 1.43. The normalized spacial score (nSPS) is 12.7. The number of carbonyl (C=O) groups is 2. The summed E-state index contributed by atoms with van der Waals surface area (Å²) in [6.45, 7) is 3.33. The Hall–Kier alpha value is -1.10. The number of nitrogens with two attached hydrogens (primary N) is 1. The monoisotopic (exact) mass is 188 g/mol. The number of amides is 1. The van der Waals surface area contributed by atoms with Gasteiger partial charge in [0.15, 0.2) is 0 Å². The minimum Gasteiger partial charge on any atom is -0.480 e. The van der Waals surface area contributed by atoms with Gasteiger partial charge in [-0.3, -0.25) is 9.59 Å². The van der Waals surface area contributed by atoms with E-state index in [1.165, 1.54) is 7.05 Å². The lowest BCUT2D eigenvalue weighted by Crippen LogP contribution is -2.46. The van der Waals surface area contributed by atoms with Crippen LogP contribution in [0.25, 0.3) is 0 Å². The summed E-state index contributed by atoms with van der Waals surface area (Å²) in [5, 5.41) is 8.42. The predicted molar refractivity (Wildman–Crippen MR) is 48.1 cm³/mol. The first kappa shape index (κ1) is 11.9. The van der Waals surface area contributed by atoms with Crippen molar-refractivity contribution in [3.05, 3.63) is 0 Å². The zero-order valence-electron chi connectivity index (χ0n) is 8.15. The minimum atomic E-state index is -1.04. The van der Waals surface area contributed by atoms with E-state index in [1.807, 2.05) is 13.8 Å². The Labute approximate surface area is 77.5 Å². The van der Waals surface area contributed by atoms with E-state index >= 15 is 0 Å². The molecule has 0 bridgehead atoms. The van der Waals surface area contributed by atoms with Gasteiger partial charge in [-0.1, -0.05) is 13.8 Å². The van der Waals surface area contributed by atoms with Gasteiger partial charge >= 0.3 is 5.97 Å². The van der Waals surface area contributed by atoms with Crippen molar-refractivity contribution in [3.63, 3.8) is 0 Å². The van der Waals surface area contributed by atoms with Crippen LogP contribution in [-0.2, 0) is 9.59 Å². The van der Waals surface area contributed by atoms with E-state index in [0.29, 0.717) is 0 Å². The van der Waals surface area contributed by atoms with Gasteiger partial charge in [-0.25, -0.2) is 0 Å². The molecule has 1 atom stereocenters. The highest BCUT2D eigenvalue weighted by atomic mass is 16.4. The first-order valence-electron chi connectivity index (χ1n) is 4.08. The van der Waals surface area contributed by atoms with Crippen molar-refractivity contribution in [2.24, 2.45) is 11.7 Å². The molecule has 0 fully saturated rings. The number of hydrogen-bond acceptors (Lipinski definition) is 3. The predicted octanol–water partition coefficient (Wildman–Crippen LogP) is -0.487. The van der Waals surface area contributed by atoms with Gasteiger partial charge in [-0.2, -0.15) is 0 Å². The molecule has 0 spiro atoms. The number of nitrogens with zero attached hydrogens (tertiary/aromatic N) is 1. The molecule has 0 aromatic carbocycles. The fourth-order valence-corrected chi connectivity index (χ4v) is 0.820. The second-order valence-electron chi connectivity index (χ2n) is 3.36. The van der Waals surface area contributed by atoms with Crippen LogP contribution in [0.15, 0.2) is 0 Å². The van der Waals surface area contributed by atoms with Crippen LogP contribution >= 0.6 is 0 Å². The highest BCUT2D eigenvalue weighted by molar-refractivity contribution is 5.85. The molecule has 0 heterocycles. The fraction of sp³-hybridized carbons (Fsp3) is 0.750. The van der Waals surface area contributed by atoms with Crippen LogP contribution in [0.2, 0.25) is 0 Å². The Morgan fingerprint density at radius 2 is 1.92 bits per heavy atom. The van der Waals surface area contributed by atoms with Gasteiger partial charge in [0.1, 0.15) is 6.54 Å². The molecule has 5 heteroatoms. The molecule has 76 valence electrons. The highest BCUT2D eigenvalue weighted by Gasteiger charge is 2.21. The van der Waals surface area contributed by atoms with Crippen LogP contribution in [0.1, 0.15) is 13.8 Å². The third-order valence-electron chi connectivity index (χ3n) is 1.75. The molecule has 5 nitrogen and oxygen atoms in total. The average Bonchev–Trinajstić information content (AvgIpc) is 2.00. The lowest BCUT2D eigenvalue weighted by Gasteiger charge is -2.21. The first-order valence-corrected chi connectivity index (χ1v) is 4.08. The van der Waals surface area contributed by atoms with E-state index in [9.17, 15) is 9.59 Å². The van der Waals surface area contributed by atoms with Crippen molar-refractivity contribution in [3.8, 4) is 0 Å². The van der Waals surface area contributed by atoms with E-state index in [-0.39, 0.29) is 18.4 Å². The van der Waals surface area contributed by atoms with Crippen molar-refractivity contribution >= 4 is 11.9 Å². The molecule has 3 N–H and O–H groups in total. The van der Waals surface area contributed by atoms with E-state index < -0.39 is 12.0 Å². The van der Waals surface area contributed by atoms with Gasteiger partial charge in [0, 0.05) is 7.05 Å². The van der Waals surface area contributed by atoms with Crippen molar-refractivity contribution < 1.29 is 14.7 Å². The molecule has 0 unspecified atom stereocenters. The van der Waals surface area contributed by atoms with Crippen LogP contribution in [0, 0.1) is 5.92 Å². The summed E-state index contributed by atoms with van der Waals surface area (Å²) in [5.41, 5.74) is 5.55. The molecular formula is C8H16N2O3. The standard InChI is InChI=1S/C8H16N2O3/c1-5(2)7(9)8(13)10(3)4-6(11)12/h5,7H,4,9H2,1-3H3,(H,11,12)/t7-/m0/s1. The van der Waals surface area contributed by atoms with Crippen LogP contribution in [0.3, 0.4) is 0 Å². The summed E-state index contributed by atoms with van der Waals surface area (Å²) in [6, 6.07) is -0.621. The smallest absolute Gasteiger partial charge is 0.323 e. The number of likely N-dealkylation sites (N-methyl/N-ethyl adjacent to an activating group) is 1. The molecule has 0 saturated carbocycles. The summed E-state index contributed by atoms with van der Waals surface area (Å²) in [4.78, 5) is 22.7. The molecule has 0 aromatic rings. The highest BCUT2D eigenvalue weighted by Crippen LogP contribution is 2.01. The lowest BCUT2D eigenvalue weighted by atomic mass is 10.0. The van der Waals surface area contributed by atoms with Crippen LogP contribution < -0.4 is 5.73 Å². The Balaban J connectivity index is 4.17. The number of rotatable bonds is 4. The maximum Gasteiger partial charge on any atom is 0.323 e. The van der Waals surface area contributed by atoms with Crippen molar-refractivity contribution in [1.29, 1.82) is 0 Å². The molecule has 0 aliphatic carbocycles. The Kier molecular flexibility index (Phi) is 4.40. The van der Waals surface area contributed by atoms with Crippen LogP contribution in [0.4, 0.5) is 0 Å². The molecule has 0 radical (unpaired) electrons. The van der Waals surface area contributed by atoms with E-state index in [1.54, 1.807) is 0 Å². The molecule has 0 saturated heterocycles. The van der Waals surface area contributed by atoms with Gasteiger partial charge in [-0.15, -0.1) is 0 Å². The lowest BCUT2D eigenvalue weighted by molar-refractivity contribution is -0.144. The second-order valence-corrected chi connectivity index (χ2v) is 3.36. The SMILES string of the molecule is CC(C)[C@H](N)C(=O)N(C)CC(=O)O. The molecule has 1 amide bonds. The maximum atomic E-state index is 11.4. The number of carbonyl (C=O) groups excluding carboxylic acids is 1. The zero-order chi connectivity index (χ0) is 10.6. The molecule has 13 heavy (non-hydrogen) atoms. The molecular weight excluding hydrogens is 172 g/mol. The van der Waals surface area contributed by atoms with E-state index in [0.717, 1.165) is 4.90 Å². The van der Waals surface area contributed by atoms with E-state index in [4.69, 9.17) is 10.8 Å². The number of hydrogen-bond donors (Lipinski definition) is 2. The van der Waals surface area contributed by atoms with Crippen LogP contribution in [-0.4, -0.2) is 41.5 Å². The zero-order valence-corrected chi connectivity index (χ0v) is 8.15.